The molecule has 0 aliphatic carbocycles. The number of benzene rings is 2. The number of rotatable bonds is 6. The van der Waals surface area contributed by atoms with Crippen molar-refractivity contribution in [2.75, 3.05) is 0 Å². The average Bonchev–Trinajstić information content (AvgIpc) is 2.72. The molecule has 0 radical (unpaired) electrons. The first kappa shape index (κ1) is 25.5. The molecule has 0 saturated carbocycles. The highest BCUT2D eigenvalue weighted by Crippen LogP contribution is 2.38. The fourth-order valence-corrected chi connectivity index (χ4v) is 3.88. The van der Waals surface area contributed by atoms with E-state index in [1.54, 1.807) is 26.0 Å². The number of halogens is 5. The molecule has 0 aliphatic heterocycles. The number of carbonyl (C=O) groups is 1. The summed E-state index contributed by atoms with van der Waals surface area (Å²) in [5, 5.41) is 5.78. The Labute approximate surface area is 200 Å². The molecule has 3 aromatic rings. The van der Waals surface area contributed by atoms with E-state index < -0.39 is 29.1 Å². The van der Waals surface area contributed by atoms with Crippen molar-refractivity contribution in [3.63, 3.8) is 0 Å². The van der Waals surface area contributed by atoms with Gasteiger partial charge in [-0.05, 0) is 62.2 Å². The van der Waals surface area contributed by atoms with E-state index in [2.05, 4.69) is 15.6 Å². The predicted octanol–water partition coefficient (Wildman–Crippen LogP) is 6.40. The molecule has 4 nitrogen and oxygen atoms in total. The van der Waals surface area contributed by atoms with Crippen LogP contribution in [0.4, 0.5) is 22.4 Å². The number of nitrogens with zero attached hydrogens (tertiary/aromatic N) is 1. The Bertz CT molecular complexity index is 1170. The molecule has 0 spiro atoms. The van der Waals surface area contributed by atoms with Crippen molar-refractivity contribution >= 4 is 17.6 Å². The van der Waals surface area contributed by atoms with Crippen LogP contribution < -0.4 is 10.6 Å². The third-order valence-corrected chi connectivity index (χ3v) is 5.40. The normalized spacial score (nSPS) is 13.4. The van der Waals surface area contributed by atoms with Crippen molar-refractivity contribution in [2.24, 2.45) is 0 Å². The highest BCUT2D eigenvalue weighted by molar-refractivity contribution is 6.30. The van der Waals surface area contributed by atoms with Crippen LogP contribution in [-0.2, 0) is 18.1 Å². The van der Waals surface area contributed by atoms with E-state index in [0.29, 0.717) is 16.7 Å². The lowest BCUT2D eigenvalue weighted by atomic mass is 9.79. The molecule has 34 heavy (non-hydrogen) atoms. The largest absolute Gasteiger partial charge is 0.416 e. The molecule has 0 saturated heterocycles. The zero-order chi connectivity index (χ0) is 25.1. The molecule has 1 aromatic heterocycles. The number of hydrogen-bond donors (Lipinski definition) is 2. The van der Waals surface area contributed by atoms with Crippen molar-refractivity contribution in [3.05, 3.63) is 99.6 Å². The van der Waals surface area contributed by atoms with E-state index >= 15 is 0 Å². The topological polar surface area (TPSA) is 54.0 Å². The summed E-state index contributed by atoms with van der Waals surface area (Å²) in [5.41, 5.74) is -1.08. The minimum atomic E-state index is -4.79. The van der Waals surface area contributed by atoms with Gasteiger partial charge in [0.25, 0.3) is 0 Å². The summed E-state index contributed by atoms with van der Waals surface area (Å²) in [6.07, 6.45) is -3.46. The number of urea groups is 1. The second-order valence-electron chi connectivity index (χ2n) is 8.41. The van der Waals surface area contributed by atoms with Crippen LogP contribution in [0.25, 0.3) is 0 Å². The summed E-state index contributed by atoms with van der Waals surface area (Å²) in [6.45, 7) is 5.35. The van der Waals surface area contributed by atoms with Gasteiger partial charge in [0.1, 0.15) is 11.4 Å². The molecular weight excluding hydrogens is 470 g/mol. The Kier molecular flexibility index (Phi) is 7.51. The van der Waals surface area contributed by atoms with Crippen molar-refractivity contribution in [3.8, 4) is 0 Å². The molecule has 0 unspecified atom stereocenters. The number of hydrogen-bond acceptors (Lipinski definition) is 2. The van der Waals surface area contributed by atoms with Gasteiger partial charge in [-0.25, -0.2) is 9.18 Å². The SMILES string of the molecule is Cc1cccc(C[C@@](NC(=O)NC(C)C)(c2cc(F)cc(C(F)(F)F)c2)c2ccc(Cl)cn2)c1. The van der Waals surface area contributed by atoms with Gasteiger partial charge in [0.05, 0.1) is 16.3 Å². The van der Waals surface area contributed by atoms with Gasteiger partial charge in [-0.15, -0.1) is 0 Å². The highest BCUT2D eigenvalue weighted by Gasteiger charge is 2.41. The first-order valence-corrected chi connectivity index (χ1v) is 10.9. The Balaban J connectivity index is 2.31. The van der Waals surface area contributed by atoms with Crippen LogP contribution in [0.2, 0.25) is 5.02 Å². The van der Waals surface area contributed by atoms with Crippen LogP contribution in [-0.4, -0.2) is 17.1 Å². The summed E-state index contributed by atoms with van der Waals surface area (Å²) >= 11 is 6.00. The van der Waals surface area contributed by atoms with Gasteiger partial charge in [-0.3, -0.25) is 4.98 Å². The van der Waals surface area contributed by atoms with Gasteiger partial charge < -0.3 is 10.6 Å². The minimum Gasteiger partial charge on any atom is -0.336 e. The van der Waals surface area contributed by atoms with Crippen molar-refractivity contribution in [1.82, 2.24) is 15.6 Å². The van der Waals surface area contributed by atoms with Crippen molar-refractivity contribution in [2.45, 2.75) is 44.9 Å². The van der Waals surface area contributed by atoms with Gasteiger partial charge >= 0.3 is 12.2 Å². The summed E-state index contributed by atoms with van der Waals surface area (Å²) < 4.78 is 55.4. The number of alkyl halides is 3. The molecule has 1 heterocycles. The minimum absolute atomic E-state index is 0.00950. The Morgan fingerprint density at radius 2 is 1.76 bits per heavy atom. The second kappa shape index (κ2) is 10.0. The van der Waals surface area contributed by atoms with Crippen LogP contribution in [0.15, 0.2) is 60.8 Å². The maximum absolute atomic E-state index is 14.5. The van der Waals surface area contributed by atoms with E-state index in [1.807, 2.05) is 19.1 Å². The van der Waals surface area contributed by atoms with Crippen LogP contribution in [0, 0.1) is 12.7 Å². The van der Waals surface area contributed by atoms with Gasteiger partial charge in [0.2, 0.25) is 0 Å². The Hall–Kier alpha value is -3.13. The number of aromatic nitrogens is 1. The zero-order valence-corrected chi connectivity index (χ0v) is 19.6. The van der Waals surface area contributed by atoms with Gasteiger partial charge in [-0.1, -0.05) is 41.4 Å². The molecule has 0 bridgehead atoms. The predicted molar refractivity (Wildman–Crippen MR) is 123 cm³/mol. The fraction of sp³-hybridized carbons (Fsp3) is 0.280. The first-order chi connectivity index (χ1) is 15.9. The third kappa shape index (κ3) is 6.05. The molecule has 0 aliphatic rings. The van der Waals surface area contributed by atoms with E-state index in [0.717, 1.165) is 17.7 Å². The fourth-order valence-electron chi connectivity index (χ4n) is 3.77. The smallest absolute Gasteiger partial charge is 0.336 e. The van der Waals surface area contributed by atoms with Crippen molar-refractivity contribution in [1.29, 1.82) is 0 Å². The first-order valence-electron chi connectivity index (χ1n) is 10.5. The van der Waals surface area contributed by atoms with Crippen LogP contribution in [0.5, 0.6) is 0 Å². The number of aryl methyl sites for hydroxylation is 1. The Morgan fingerprint density at radius 3 is 2.35 bits per heavy atom. The number of pyridine rings is 1. The molecule has 3 rings (SSSR count). The zero-order valence-electron chi connectivity index (χ0n) is 18.8. The standard InChI is InChI=1S/C25H24ClF4N3O/c1-15(2)32-23(34)33-24(22-8-7-20(26)14-31-22,13-17-6-4-5-16(3)9-17)18-10-19(25(28,29)30)12-21(27)11-18/h4-12,14-15H,13H2,1-3H3,(H2,32,33,34)/t24-/m1/s1. The highest BCUT2D eigenvalue weighted by atomic mass is 35.5. The maximum atomic E-state index is 14.5. The van der Waals surface area contributed by atoms with Crippen LogP contribution >= 0.6 is 11.6 Å². The second-order valence-corrected chi connectivity index (χ2v) is 8.85. The van der Waals surface area contributed by atoms with Gasteiger partial charge in [0, 0.05) is 18.7 Å². The molecule has 180 valence electrons. The number of amides is 2. The van der Waals surface area contributed by atoms with Gasteiger partial charge in [0.15, 0.2) is 0 Å². The third-order valence-electron chi connectivity index (χ3n) is 5.18. The maximum Gasteiger partial charge on any atom is 0.416 e. The van der Waals surface area contributed by atoms with E-state index in [-0.39, 0.29) is 23.7 Å². The van der Waals surface area contributed by atoms with Crippen LogP contribution in [0.1, 0.15) is 41.8 Å². The molecule has 2 amide bonds. The molecule has 2 aromatic carbocycles. The molecule has 9 heteroatoms. The Morgan fingerprint density at radius 1 is 1.06 bits per heavy atom. The summed E-state index contributed by atoms with van der Waals surface area (Å²) in [4.78, 5) is 17.2. The number of nitrogens with one attached hydrogen (secondary N) is 2. The summed E-state index contributed by atoms with van der Waals surface area (Å²) in [7, 11) is 0. The molecule has 0 fully saturated rings. The molecular formula is C25H24ClF4N3O. The van der Waals surface area contributed by atoms with E-state index in [1.165, 1.54) is 18.3 Å². The molecule has 2 N–H and O–H groups in total. The average molecular weight is 494 g/mol. The van der Waals surface area contributed by atoms with Gasteiger partial charge in [-0.2, -0.15) is 13.2 Å². The van der Waals surface area contributed by atoms with Crippen molar-refractivity contribution < 1.29 is 22.4 Å². The lowest BCUT2D eigenvalue weighted by Gasteiger charge is -2.36. The number of carbonyl (C=O) groups excluding carboxylic acids is 1. The van der Waals surface area contributed by atoms with E-state index in [9.17, 15) is 22.4 Å². The van der Waals surface area contributed by atoms with Crippen LogP contribution in [0.3, 0.4) is 0 Å². The quantitative estimate of drug-likeness (QED) is 0.391. The lowest BCUT2D eigenvalue weighted by Crippen LogP contribution is -2.53. The lowest BCUT2D eigenvalue weighted by molar-refractivity contribution is -0.137. The summed E-state index contributed by atoms with van der Waals surface area (Å²) in [6, 6.07) is 11.7. The monoisotopic (exact) mass is 493 g/mol. The summed E-state index contributed by atoms with van der Waals surface area (Å²) in [5.74, 6) is -1.08. The molecule has 1 atom stereocenters. The van der Waals surface area contributed by atoms with E-state index in [4.69, 9.17) is 11.6 Å².